The van der Waals surface area contributed by atoms with E-state index in [0.29, 0.717) is 18.3 Å². The second-order valence-corrected chi connectivity index (χ2v) is 5.52. The third kappa shape index (κ3) is 5.98. The van der Waals surface area contributed by atoms with Gasteiger partial charge in [0.05, 0.1) is 19.9 Å². The summed E-state index contributed by atoms with van der Waals surface area (Å²) in [4.78, 5) is 8.69. The predicted molar refractivity (Wildman–Crippen MR) is 114 cm³/mol. The highest BCUT2D eigenvalue weighted by Crippen LogP contribution is 2.18. The van der Waals surface area contributed by atoms with Crippen LogP contribution in [0.1, 0.15) is 11.6 Å². The highest BCUT2D eigenvalue weighted by atomic mass is 127. The van der Waals surface area contributed by atoms with Gasteiger partial charge in [0.15, 0.2) is 11.8 Å². The summed E-state index contributed by atoms with van der Waals surface area (Å²) < 4.78 is 10.5. The Bertz CT molecular complexity index is 830. The van der Waals surface area contributed by atoms with Crippen LogP contribution in [-0.2, 0) is 13.0 Å². The number of furan rings is 1. The first-order valence-corrected chi connectivity index (χ1v) is 8.31. The van der Waals surface area contributed by atoms with Crippen molar-refractivity contribution >= 4 is 29.9 Å². The Hall–Kier alpha value is -2.56. The number of ether oxygens (including phenoxy) is 1. The Kier molecular flexibility index (Phi) is 8.11. The van der Waals surface area contributed by atoms with Crippen molar-refractivity contribution in [2.45, 2.75) is 13.0 Å². The molecule has 2 heterocycles. The van der Waals surface area contributed by atoms with Gasteiger partial charge < -0.3 is 19.8 Å². The number of rotatable bonds is 7. The van der Waals surface area contributed by atoms with Crippen molar-refractivity contribution in [3.05, 3.63) is 54.2 Å². The van der Waals surface area contributed by atoms with E-state index in [4.69, 9.17) is 9.15 Å². The van der Waals surface area contributed by atoms with Crippen LogP contribution in [0.2, 0.25) is 0 Å². The molecule has 3 rings (SSSR count). The number of nitrogens with one attached hydrogen (secondary N) is 3. The third-order valence-corrected chi connectivity index (χ3v) is 3.77. The predicted octanol–water partition coefficient (Wildman–Crippen LogP) is 2.60. The third-order valence-electron chi connectivity index (χ3n) is 3.77. The second kappa shape index (κ2) is 10.6. The molecular weight excluding hydrogens is 459 g/mol. The molecule has 0 aliphatic carbocycles. The van der Waals surface area contributed by atoms with E-state index in [2.05, 4.69) is 30.8 Å². The number of aromatic nitrogens is 3. The normalized spacial score (nSPS) is 11.0. The molecule has 27 heavy (non-hydrogen) atoms. The van der Waals surface area contributed by atoms with Gasteiger partial charge in [0.1, 0.15) is 17.3 Å². The minimum absolute atomic E-state index is 0. The number of hydrogen-bond donors (Lipinski definition) is 3. The molecule has 0 spiro atoms. The first-order valence-electron chi connectivity index (χ1n) is 8.31. The SMILES string of the molecule is CN=C(NCCc1ccco1)NCc1nc(-c2ccc(OC)cc2)n[nH]1.I. The largest absolute Gasteiger partial charge is 0.497 e. The number of aromatic amines is 1. The van der Waals surface area contributed by atoms with Gasteiger partial charge in [0, 0.05) is 25.6 Å². The smallest absolute Gasteiger partial charge is 0.191 e. The van der Waals surface area contributed by atoms with E-state index in [9.17, 15) is 0 Å². The summed E-state index contributed by atoms with van der Waals surface area (Å²) in [6.45, 7) is 1.21. The maximum atomic E-state index is 5.31. The summed E-state index contributed by atoms with van der Waals surface area (Å²) in [5.74, 6) is 3.80. The van der Waals surface area contributed by atoms with E-state index in [-0.39, 0.29) is 24.0 Å². The van der Waals surface area contributed by atoms with Crippen molar-refractivity contribution in [2.75, 3.05) is 20.7 Å². The van der Waals surface area contributed by atoms with Gasteiger partial charge in [-0.3, -0.25) is 10.1 Å². The molecule has 0 saturated carbocycles. The minimum Gasteiger partial charge on any atom is -0.497 e. The number of benzene rings is 1. The van der Waals surface area contributed by atoms with Crippen LogP contribution < -0.4 is 15.4 Å². The lowest BCUT2D eigenvalue weighted by Gasteiger charge is -2.09. The summed E-state index contributed by atoms with van der Waals surface area (Å²) in [7, 11) is 3.37. The van der Waals surface area contributed by atoms with Crippen LogP contribution in [0, 0.1) is 0 Å². The maximum absolute atomic E-state index is 5.31. The molecule has 0 aliphatic rings. The van der Waals surface area contributed by atoms with Gasteiger partial charge in [0.25, 0.3) is 0 Å². The van der Waals surface area contributed by atoms with Crippen molar-refractivity contribution < 1.29 is 9.15 Å². The molecule has 0 bridgehead atoms. The Labute approximate surface area is 174 Å². The Morgan fingerprint density at radius 3 is 2.70 bits per heavy atom. The molecule has 0 amide bonds. The number of aliphatic imine (C=N–C) groups is 1. The number of halogens is 1. The van der Waals surface area contributed by atoms with Crippen LogP contribution >= 0.6 is 24.0 Å². The highest BCUT2D eigenvalue weighted by molar-refractivity contribution is 14.0. The van der Waals surface area contributed by atoms with E-state index in [1.807, 2.05) is 36.4 Å². The monoisotopic (exact) mass is 482 g/mol. The van der Waals surface area contributed by atoms with Crippen LogP contribution in [0.4, 0.5) is 0 Å². The first-order chi connectivity index (χ1) is 12.8. The number of nitrogens with zero attached hydrogens (tertiary/aromatic N) is 3. The molecule has 0 saturated heterocycles. The fraction of sp³-hybridized carbons (Fsp3) is 0.278. The van der Waals surface area contributed by atoms with Crippen LogP contribution in [0.25, 0.3) is 11.4 Å². The molecule has 0 aliphatic heterocycles. The quantitative estimate of drug-likeness (QED) is 0.272. The first kappa shape index (κ1) is 20.7. The molecule has 0 unspecified atom stereocenters. The van der Waals surface area contributed by atoms with E-state index in [0.717, 1.165) is 35.9 Å². The summed E-state index contributed by atoms with van der Waals surface area (Å²) in [6, 6.07) is 11.4. The minimum atomic E-state index is 0. The summed E-state index contributed by atoms with van der Waals surface area (Å²) in [5.41, 5.74) is 0.925. The van der Waals surface area contributed by atoms with Gasteiger partial charge >= 0.3 is 0 Å². The van der Waals surface area contributed by atoms with E-state index >= 15 is 0 Å². The van der Waals surface area contributed by atoms with Crippen molar-refractivity contribution in [2.24, 2.45) is 4.99 Å². The van der Waals surface area contributed by atoms with Crippen LogP contribution in [0.3, 0.4) is 0 Å². The molecule has 3 N–H and O–H groups in total. The zero-order chi connectivity index (χ0) is 18.2. The molecule has 0 atom stereocenters. The second-order valence-electron chi connectivity index (χ2n) is 5.52. The van der Waals surface area contributed by atoms with Gasteiger partial charge in [-0.05, 0) is 36.4 Å². The van der Waals surface area contributed by atoms with Gasteiger partial charge in [0.2, 0.25) is 0 Å². The van der Waals surface area contributed by atoms with Gasteiger partial charge in [-0.15, -0.1) is 24.0 Å². The molecule has 9 heteroatoms. The van der Waals surface area contributed by atoms with Crippen molar-refractivity contribution in [1.29, 1.82) is 0 Å². The highest BCUT2D eigenvalue weighted by Gasteiger charge is 2.07. The number of hydrogen-bond acceptors (Lipinski definition) is 5. The topological polar surface area (TPSA) is 100 Å². The molecule has 1 aromatic carbocycles. The standard InChI is InChI=1S/C18H22N6O2.HI/c1-19-18(20-10-9-15-4-3-11-26-15)21-12-16-22-17(24-23-16)13-5-7-14(25-2)8-6-13;/h3-8,11H,9-10,12H2,1-2H3,(H2,19,20,21)(H,22,23,24);1H. The Balaban J connectivity index is 0.00000261. The fourth-order valence-electron chi connectivity index (χ4n) is 2.39. The lowest BCUT2D eigenvalue weighted by molar-refractivity contribution is 0.415. The molecule has 8 nitrogen and oxygen atoms in total. The van der Waals surface area contributed by atoms with E-state index in [1.54, 1.807) is 20.4 Å². The van der Waals surface area contributed by atoms with E-state index < -0.39 is 0 Å². The van der Waals surface area contributed by atoms with Crippen molar-refractivity contribution in [3.8, 4) is 17.1 Å². The van der Waals surface area contributed by atoms with Crippen LogP contribution in [0.15, 0.2) is 52.1 Å². The average molecular weight is 482 g/mol. The van der Waals surface area contributed by atoms with Crippen LogP contribution in [-0.4, -0.2) is 41.8 Å². The number of guanidine groups is 1. The molecule has 3 aromatic rings. The number of methoxy groups -OCH3 is 1. The zero-order valence-electron chi connectivity index (χ0n) is 15.2. The van der Waals surface area contributed by atoms with Gasteiger partial charge in [-0.25, -0.2) is 4.98 Å². The molecule has 0 fully saturated rings. The zero-order valence-corrected chi connectivity index (χ0v) is 17.6. The maximum Gasteiger partial charge on any atom is 0.191 e. The number of H-pyrrole nitrogens is 1. The van der Waals surface area contributed by atoms with Gasteiger partial charge in [-0.2, -0.15) is 5.10 Å². The van der Waals surface area contributed by atoms with Crippen molar-refractivity contribution in [3.63, 3.8) is 0 Å². The van der Waals surface area contributed by atoms with E-state index in [1.165, 1.54) is 0 Å². The Morgan fingerprint density at radius 2 is 2.04 bits per heavy atom. The lowest BCUT2D eigenvalue weighted by atomic mass is 10.2. The van der Waals surface area contributed by atoms with Crippen molar-refractivity contribution in [1.82, 2.24) is 25.8 Å². The molecular formula is C18H23IN6O2. The van der Waals surface area contributed by atoms with Gasteiger partial charge in [-0.1, -0.05) is 0 Å². The fourth-order valence-corrected chi connectivity index (χ4v) is 2.39. The Morgan fingerprint density at radius 1 is 1.22 bits per heavy atom. The molecule has 2 aromatic heterocycles. The lowest BCUT2D eigenvalue weighted by Crippen LogP contribution is -2.38. The summed E-state index contributed by atoms with van der Waals surface area (Å²) in [6.07, 6.45) is 2.46. The average Bonchev–Trinajstić information content (AvgIpc) is 3.36. The molecule has 144 valence electrons. The summed E-state index contributed by atoms with van der Waals surface area (Å²) in [5, 5.41) is 13.6. The molecule has 0 radical (unpaired) electrons. The summed E-state index contributed by atoms with van der Waals surface area (Å²) >= 11 is 0. The van der Waals surface area contributed by atoms with Crippen LogP contribution in [0.5, 0.6) is 5.75 Å².